The van der Waals surface area contributed by atoms with Gasteiger partial charge >= 0.3 is 0 Å². The Bertz CT molecular complexity index is 385. The predicted molar refractivity (Wildman–Crippen MR) is 61.7 cm³/mol. The van der Waals surface area contributed by atoms with Gasteiger partial charge in [0, 0.05) is 19.8 Å². The monoisotopic (exact) mass is 224 g/mol. The molecular formula is C10H13ClN4. The van der Waals surface area contributed by atoms with Crippen LogP contribution in [0.2, 0.25) is 5.02 Å². The van der Waals surface area contributed by atoms with Gasteiger partial charge < -0.3 is 10.6 Å². The lowest BCUT2D eigenvalue weighted by molar-refractivity contribution is 0.711. The van der Waals surface area contributed by atoms with Crippen LogP contribution >= 0.6 is 11.6 Å². The number of hydrogen-bond donors (Lipinski definition) is 1. The highest BCUT2D eigenvalue weighted by molar-refractivity contribution is 6.30. The summed E-state index contributed by atoms with van der Waals surface area (Å²) in [6, 6.07) is 3.81. The third-order valence-electron chi connectivity index (χ3n) is 1.99. The summed E-state index contributed by atoms with van der Waals surface area (Å²) in [5.41, 5.74) is 6.29. The zero-order chi connectivity index (χ0) is 11.4. The molecule has 0 saturated heterocycles. The van der Waals surface area contributed by atoms with Crippen molar-refractivity contribution in [1.29, 1.82) is 5.26 Å². The van der Waals surface area contributed by atoms with Gasteiger partial charge in [-0.3, -0.25) is 0 Å². The minimum atomic E-state index is -0.0631. The fourth-order valence-corrected chi connectivity index (χ4v) is 1.47. The molecule has 0 aliphatic heterocycles. The van der Waals surface area contributed by atoms with Crippen LogP contribution in [0.4, 0.5) is 11.5 Å². The number of nitrogen functional groups attached to an aromatic ring is 1. The first-order valence-corrected chi connectivity index (χ1v) is 4.94. The number of pyridine rings is 1. The highest BCUT2D eigenvalue weighted by Crippen LogP contribution is 2.22. The standard InChI is InChI=1S/C10H13ClN4/c1-7(4-12)6-15(2)10-9(13)3-8(11)5-14-10/h3,5,7H,6,13H2,1-2H3. The number of halogens is 1. The van der Waals surface area contributed by atoms with Crippen LogP contribution in [0.25, 0.3) is 0 Å². The zero-order valence-electron chi connectivity index (χ0n) is 8.74. The van der Waals surface area contributed by atoms with Crippen LogP contribution in [-0.4, -0.2) is 18.6 Å². The van der Waals surface area contributed by atoms with E-state index in [9.17, 15) is 0 Å². The van der Waals surface area contributed by atoms with Crippen molar-refractivity contribution in [2.75, 3.05) is 24.2 Å². The molecule has 2 N–H and O–H groups in total. The zero-order valence-corrected chi connectivity index (χ0v) is 9.49. The van der Waals surface area contributed by atoms with Gasteiger partial charge in [-0.25, -0.2) is 4.98 Å². The van der Waals surface area contributed by atoms with Crippen LogP contribution in [0.15, 0.2) is 12.3 Å². The maximum atomic E-state index is 8.69. The summed E-state index contributed by atoms with van der Waals surface area (Å²) >= 11 is 5.74. The Kier molecular flexibility index (Phi) is 3.75. The van der Waals surface area contributed by atoms with Gasteiger partial charge in [-0.2, -0.15) is 5.26 Å². The maximum absolute atomic E-state index is 8.69. The first-order valence-electron chi connectivity index (χ1n) is 4.56. The molecule has 0 saturated carbocycles. The van der Waals surface area contributed by atoms with Crippen LogP contribution in [-0.2, 0) is 0 Å². The summed E-state index contributed by atoms with van der Waals surface area (Å²) in [6.07, 6.45) is 1.54. The highest BCUT2D eigenvalue weighted by atomic mass is 35.5. The van der Waals surface area contributed by atoms with E-state index in [2.05, 4.69) is 11.1 Å². The largest absolute Gasteiger partial charge is 0.396 e. The molecule has 0 radical (unpaired) electrons. The summed E-state index contributed by atoms with van der Waals surface area (Å²) in [6.45, 7) is 2.44. The normalized spacial score (nSPS) is 11.9. The lowest BCUT2D eigenvalue weighted by atomic mass is 10.2. The topological polar surface area (TPSA) is 65.9 Å². The van der Waals surface area contributed by atoms with E-state index in [1.54, 1.807) is 12.3 Å². The molecule has 0 aromatic carbocycles. The van der Waals surface area contributed by atoms with Crippen LogP contribution < -0.4 is 10.6 Å². The minimum Gasteiger partial charge on any atom is -0.396 e. The second-order valence-electron chi connectivity index (χ2n) is 3.48. The van der Waals surface area contributed by atoms with Gasteiger partial charge in [-0.1, -0.05) is 11.6 Å². The summed E-state index contributed by atoms with van der Waals surface area (Å²) in [4.78, 5) is 5.97. The van der Waals surface area contributed by atoms with E-state index in [1.807, 2.05) is 18.9 Å². The van der Waals surface area contributed by atoms with Gasteiger partial charge in [-0.15, -0.1) is 0 Å². The average Bonchev–Trinajstić information content (AvgIpc) is 2.17. The van der Waals surface area contributed by atoms with Crippen molar-refractivity contribution >= 4 is 23.1 Å². The molecule has 0 amide bonds. The molecule has 1 aromatic rings. The quantitative estimate of drug-likeness (QED) is 0.852. The van der Waals surface area contributed by atoms with Crippen molar-refractivity contribution in [3.05, 3.63) is 17.3 Å². The van der Waals surface area contributed by atoms with Gasteiger partial charge in [0.15, 0.2) is 5.82 Å². The Morgan fingerprint density at radius 3 is 2.93 bits per heavy atom. The molecule has 0 fully saturated rings. The Labute approximate surface area is 94.3 Å². The molecule has 0 aliphatic rings. The number of nitrogens with two attached hydrogens (primary N) is 1. The molecule has 15 heavy (non-hydrogen) atoms. The maximum Gasteiger partial charge on any atom is 0.151 e. The van der Waals surface area contributed by atoms with E-state index >= 15 is 0 Å². The van der Waals surface area contributed by atoms with Gasteiger partial charge in [0.1, 0.15) is 0 Å². The van der Waals surface area contributed by atoms with E-state index in [4.69, 9.17) is 22.6 Å². The molecule has 1 unspecified atom stereocenters. The first kappa shape index (κ1) is 11.6. The summed E-state index contributed by atoms with van der Waals surface area (Å²) < 4.78 is 0. The SMILES string of the molecule is CC(C#N)CN(C)c1ncc(Cl)cc1N. The molecule has 0 bridgehead atoms. The third-order valence-corrected chi connectivity index (χ3v) is 2.20. The van der Waals surface area contributed by atoms with Crippen LogP contribution in [0.5, 0.6) is 0 Å². The van der Waals surface area contributed by atoms with E-state index in [0.29, 0.717) is 23.1 Å². The number of anilines is 2. The fourth-order valence-electron chi connectivity index (χ4n) is 1.30. The van der Waals surface area contributed by atoms with Gasteiger partial charge in [0.05, 0.1) is 22.7 Å². The van der Waals surface area contributed by atoms with Gasteiger partial charge in [-0.05, 0) is 13.0 Å². The molecule has 1 aromatic heterocycles. The van der Waals surface area contributed by atoms with Crippen LogP contribution in [0, 0.1) is 17.2 Å². The van der Waals surface area contributed by atoms with Crippen molar-refractivity contribution in [2.24, 2.45) is 5.92 Å². The summed E-state index contributed by atoms with van der Waals surface area (Å²) in [5, 5.41) is 9.21. The molecule has 1 rings (SSSR count). The van der Waals surface area contributed by atoms with Crippen molar-refractivity contribution < 1.29 is 0 Å². The summed E-state index contributed by atoms with van der Waals surface area (Å²) in [5.74, 6) is 0.591. The molecule has 1 atom stereocenters. The van der Waals surface area contributed by atoms with E-state index in [0.717, 1.165) is 0 Å². The average molecular weight is 225 g/mol. The van der Waals surface area contributed by atoms with Gasteiger partial charge in [0.25, 0.3) is 0 Å². The molecular weight excluding hydrogens is 212 g/mol. The molecule has 5 heteroatoms. The Hall–Kier alpha value is -1.47. The van der Waals surface area contributed by atoms with Crippen molar-refractivity contribution in [3.63, 3.8) is 0 Å². The minimum absolute atomic E-state index is 0.0631. The summed E-state index contributed by atoms with van der Waals surface area (Å²) in [7, 11) is 1.85. The molecule has 0 spiro atoms. The Morgan fingerprint density at radius 2 is 2.40 bits per heavy atom. The molecule has 80 valence electrons. The van der Waals surface area contributed by atoms with Gasteiger partial charge in [0.2, 0.25) is 0 Å². The number of nitriles is 1. The smallest absolute Gasteiger partial charge is 0.151 e. The van der Waals surface area contributed by atoms with E-state index < -0.39 is 0 Å². The molecule has 0 aliphatic carbocycles. The van der Waals surface area contributed by atoms with Crippen molar-refractivity contribution in [1.82, 2.24) is 4.98 Å². The third kappa shape index (κ3) is 3.00. The van der Waals surface area contributed by atoms with Crippen LogP contribution in [0.1, 0.15) is 6.92 Å². The first-order chi connectivity index (χ1) is 7.04. The Morgan fingerprint density at radius 1 is 1.73 bits per heavy atom. The Balaban J connectivity index is 2.83. The second kappa shape index (κ2) is 4.85. The fraction of sp³-hybridized carbons (Fsp3) is 0.400. The highest BCUT2D eigenvalue weighted by Gasteiger charge is 2.10. The van der Waals surface area contributed by atoms with Crippen LogP contribution in [0.3, 0.4) is 0 Å². The molecule has 1 heterocycles. The lowest BCUT2D eigenvalue weighted by Gasteiger charge is -2.20. The molecule has 4 nitrogen and oxygen atoms in total. The number of aromatic nitrogens is 1. The second-order valence-corrected chi connectivity index (χ2v) is 3.91. The van der Waals surface area contributed by atoms with Crippen molar-refractivity contribution in [3.8, 4) is 6.07 Å². The van der Waals surface area contributed by atoms with Crippen molar-refractivity contribution in [2.45, 2.75) is 6.92 Å². The lowest BCUT2D eigenvalue weighted by Crippen LogP contribution is -2.25. The number of nitrogens with zero attached hydrogens (tertiary/aromatic N) is 3. The number of hydrogen-bond acceptors (Lipinski definition) is 4. The van der Waals surface area contributed by atoms with E-state index in [-0.39, 0.29) is 5.92 Å². The van der Waals surface area contributed by atoms with E-state index in [1.165, 1.54) is 0 Å². The number of rotatable bonds is 3. The predicted octanol–water partition coefficient (Wildman–Crippen LogP) is 1.91.